The van der Waals surface area contributed by atoms with Crippen LogP contribution in [0.4, 0.5) is 0 Å². The predicted octanol–water partition coefficient (Wildman–Crippen LogP) is 1.17. The molecule has 4 nitrogen and oxygen atoms in total. The second-order valence-electron chi connectivity index (χ2n) is 2.73. The first-order valence-electron chi connectivity index (χ1n) is 3.97. The third-order valence-electron chi connectivity index (χ3n) is 1.50. The SMILES string of the molecule is CS(=O)CCNS(=O)(=O)c1ccc(Br)s1. The summed E-state index contributed by atoms with van der Waals surface area (Å²) >= 11 is 4.34. The molecule has 0 aromatic carbocycles. The van der Waals surface area contributed by atoms with Gasteiger partial charge in [0.05, 0.1) is 3.79 Å². The quantitative estimate of drug-likeness (QED) is 0.880. The molecule has 8 heteroatoms. The molecule has 0 aliphatic rings. The molecule has 0 radical (unpaired) electrons. The number of sulfonamides is 1. The van der Waals surface area contributed by atoms with Crippen LogP contribution in [-0.4, -0.2) is 31.2 Å². The summed E-state index contributed by atoms with van der Waals surface area (Å²) in [5, 5.41) is 0. The lowest BCUT2D eigenvalue weighted by molar-refractivity contribution is 0.586. The lowest BCUT2D eigenvalue weighted by atomic mass is 10.7. The number of hydrogen-bond donors (Lipinski definition) is 1. The Labute approximate surface area is 104 Å². The minimum atomic E-state index is -3.43. The van der Waals surface area contributed by atoms with E-state index in [9.17, 15) is 12.6 Å². The fourth-order valence-electron chi connectivity index (χ4n) is 0.833. The van der Waals surface area contributed by atoms with Gasteiger partial charge < -0.3 is 0 Å². The fraction of sp³-hybridized carbons (Fsp3) is 0.429. The Morgan fingerprint density at radius 3 is 2.67 bits per heavy atom. The third-order valence-corrected chi connectivity index (χ3v) is 5.85. The minimum absolute atomic E-state index is 0.195. The van der Waals surface area contributed by atoms with Crippen LogP contribution in [-0.2, 0) is 20.8 Å². The Kier molecular flexibility index (Phi) is 4.91. The summed E-state index contributed by atoms with van der Waals surface area (Å²) in [4.78, 5) is 0. The number of rotatable bonds is 5. The van der Waals surface area contributed by atoms with E-state index in [1.165, 1.54) is 12.3 Å². The van der Waals surface area contributed by atoms with Crippen LogP contribution in [0, 0.1) is 0 Å². The first-order valence-corrected chi connectivity index (χ1v) is 8.79. The third kappa shape index (κ3) is 4.31. The molecule has 1 unspecified atom stereocenters. The smallest absolute Gasteiger partial charge is 0.250 e. The molecule has 0 saturated heterocycles. The zero-order chi connectivity index (χ0) is 11.5. The Morgan fingerprint density at radius 1 is 1.53 bits per heavy atom. The van der Waals surface area contributed by atoms with Gasteiger partial charge in [-0.05, 0) is 28.1 Å². The molecule has 1 rings (SSSR count). The van der Waals surface area contributed by atoms with E-state index in [1.54, 1.807) is 6.07 Å². The first-order chi connectivity index (χ1) is 6.92. The summed E-state index contributed by atoms with van der Waals surface area (Å²) in [5.74, 6) is 0.325. The van der Waals surface area contributed by atoms with Crippen LogP contribution in [0.25, 0.3) is 0 Å². The average molecular weight is 332 g/mol. The van der Waals surface area contributed by atoms with E-state index >= 15 is 0 Å². The van der Waals surface area contributed by atoms with Crippen LogP contribution in [0.2, 0.25) is 0 Å². The van der Waals surface area contributed by atoms with Gasteiger partial charge in [-0.15, -0.1) is 11.3 Å². The second-order valence-corrected chi connectivity index (χ2v) is 8.75. The van der Waals surface area contributed by atoms with Gasteiger partial charge in [0.15, 0.2) is 0 Å². The first kappa shape index (κ1) is 13.3. The molecule has 0 aliphatic carbocycles. The molecule has 86 valence electrons. The van der Waals surface area contributed by atoms with Gasteiger partial charge >= 0.3 is 0 Å². The topological polar surface area (TPSA) is 63.2 Å². The molecule has 0 saturated carbocycles. The second kappa shape index (κ2) is 5.53. The molecule has 1 N–H and O–H groups in total. The molecule has 0 fully saturated rings. The van der Waals surface area contributed by atoms with Crippen LogP contribution in [0.3, 0.4) is 0 Å². The highest BCUT2D eigenvalue weighted by Gasteiger charge is 2.15. The molecule has 1 heterocycles. The summed E-state index contributed by atoms with van der Waals surface area (Å²) in [6, 6.07) is 3.21. The minimum Gasteiger partial charge on any atom is -0.260 e. The molecule has 1 aromatic rings. The van der Waals surface area contributed by atoms with E-state index in [0.717, 1.165) is 15.1 Å². The molecule has 15 heavy (non-hydrogen) atoms. The van der Waals surface area contributed by atoms with Gasteiger partial charge in [-0.25, -0.2) is 13.1 Å². The Hall–Kier alpha value is 0.240. The van der Waals surface area contributed by atoms with E-state index in [-0.39, 0.29) is 10.8 Å². The Balaban J connectivity index is 2.64. The predicted molar refractivity (Wildman–Crippen MR) is 66.1 cm³/mol. The van der Waals surface area contributed by atoms with E-state index in [1.807, 2.05) is 0 Å². The molecular weight excluding hydrogens is 322 g/mol. The maximum atomic E-state index is 11.6. The highest BCUT2D eigenvalue weighted by Crippen LogP contribution is 2.25. The number of hydrogen-bond acceptors (Lipinski definition) is 4. The molecule has 0 spiro atoms. The van der Waals surface area contributed by atoms with E-state index in [4.69, 9.17) is 0 Å². The van der Waals surface area contributed by atoms with Crippen molar-refractivity contribution in [3.05, 3.63) is 15.9 Å². The lowest BCUT2D eigenvalue weighted by Crippen LogP contribution is -2.27. The van der Waals surface area contributed by atoms with Crippen molar-refractivity contribution >= 4 is 48.1 Å². The number of nitrogens with one attached hydrogen (secondary N) is 1. The summed E-state index contributed by atoms with van der Waals surface area (Å²) in [7, 11) is -4.42. The van der Waals surface area contributed by atoms with Crippen molar-refractivity contribution in [3.8, 4) is 0 Å². The summed E-state index contributed by atoms with van der Waals surface area (Å²) in [6.07, 6.45) is 1.54. The van der Waals surface area contributed by atoms with Crippen LogP contribution in [0.5, 0.6) is 0 Å². The molecule has 0 amide bonds. The standard InChI is InChI=1S/C7H10BrNO3S3/c1-14(10)5-4-9-15(11,12)7-3-2-6(8)13-7/h2-3,9H,4-5H2,1H3. The van der Waals surface area contributed by atoms with Gasteiger partial charge in [0.1, 0.15) is 4.21 Å². The van der Waals surface area contributed by atoms with E-state index in [2.05, 4.69) is 20.7 Å². The normalized spacial score (nSPS) is 14.0. The average Bonchev–Trinajstić information content (AvgIpc) is 2.51. The zero-order valence-corrected chi connectivity index (χ0v) is 11.9. The summed E-state index contributed by atoms with van der Waals surface area (Å²) < 4.78 is 37.4. The molecule has 0 bridgehead atoms. The highest BCUT2D eigenvalue weighted by molar-refractivity contribution is 9.11. The van der Waals surface area contributed by atoms with Gasteiger partial charge in [0, 0.05) is 29.4 Å². The van der Waals surface area contributed by atoms with Crippen molar-refractivity contribution in [2.75, 3.05) is 18.6 Å². The van der Waals surface area contributed by atoms with Crippen molar-refractivity contribution in [1.29, 1.82) is 0 Å². The highest BCUT2D eigenvalue weighted by atomic mass is 79.9. The Morgan fingerprint density at radius 2 is 2.20 bits per heavy atom. The van der Waals surface area contributed by atoms with Crippen molar-refractivity contribution in [1.82, 2.24) is 4.72 Å². The monoisotopic (exact) mass is 331 g/mol. The van der Waals surface area contributed by atoms with Crippen molar-refractivity contribution in [3.63, 3.8) is 0 Å². The van der Waals surface area contributed by atoms with Crippen molar-refractivity contribution < 1.29 is 12.6 Å². The lowest BCUT2D eigenvalue weighted by Gasteiger charge is -2.02. The van der Waals surface area contributed by atoms with Crippen LogP contribution >= 0.6 is 27.3 Å². The molecular formula is C7H10BrNO3S3. The maximum absolute atomic E-state index is 11.6. The van der Waals surface area contributed by atoms with E-state index in [0.29, 0.717) is 5.75 Å². The summed E-state index contributed by atoms with van der Waals surface area (Å²) in [6.45, 7) is 0.195. The largest absolute Gasteiger partial charge is 0.260 e. The van der Waals surface area contributed by atoms with Gasteiger partial charge in [0.2, 0.25) is 10.0 Å². The molecule has 0 aliphatic heterocycles. The molecule has 1 aromatic heterocycles. The zero-order valence-electron chi connectivity index (χ0n) is 7.90. The molecule has 1 atom stereocenters. The summed E-state index contributed by atoms with van der Waals surface area (Å²) in [5.41, 5.74) is 0. The van der Waals surface area contributed by atoms with Crippen LogP contribution in [0.15, 0.2) is 20.1 Å². The van der Waals surface area contributed by atoms with Gasteiger partial charge in [-0.1, -0.05) is 0 Å². The Bertz CT molecular complexity index is 454. The van der Waals surface area contributed by atoms with Gasteiger partial charge in [-0.3, -0.25) is 4.21 Å². The van der Waals surface area contributed by atoms with Gasteiger partial charge in [0.25, 0.3) is 0 Å². The van der Waals surface area contributed by atoms with Crippen LogP contribution < -0.4 is 4.72 Å². The van der Waals surface area contributed by atoms with E-state index < -0.39 is 20.8 Å². The van der Waals surface area contributed by atoms with Crippen molar-refractivity contribution in [2.24, 2.45) is 0 Å². The number of thiophene rings is 1. The van der Waals surface area contributed by atoms with Gasteiger partial charge in [-0.2, -0.15) is 0 Å². The van der Waals surface area contributed by atoms with Crippen LogP contribution in [0.1, 0.15) is 0 Å². The maximum Gasteiger partial charge on any atom is 0.250 e. The fourth-order valence-corrected chi connectivity index (χ4v) is 4.44. The van der Waals surface area contributed by atoms with Crippen molar-refractivity contribution in [2.45, 2.75) is 4.21 Å². The number of halogens is 1.